The molecule has 0 bridgehead atoms. The third-order valence-corrected chi connectivity index (χ3v) is 8.14. The highest BCUT2D eigenvalue weighted by molar-refractivity contribution is 7.61. The zero-order valence-electron chi connectivity index (χ0n) is 19.1. The lowest BCUT2D eigenvalue weighted by molar-refractivity contribution is -0.226. The van der Waals surface area contributed by atoms with Crippen LogP contribution in [-0.2, 0) is 36.8 Å². The molecule has 2 aliphatic heterocycles. The number of aliphatic hydroxyl groups excluding tert-OH is 4. The minimum atomic E-state index is -5.53. The molecule has 0 aliphatic carbocycles. The molecule has 212 valence electrons. The molecular weight excluding hydrogens is 564 g/mol. The first kappa shape index (κ1) is 28.8. The average Bonchev–Trinajstić information content (AvgIpc) is 3.35. The third kappa shape index (κ3) is 5.73. The standard InChI is InChI=1S/C16H23N5O15P2/c1-4-7(22)9(24)11(26)15(33-4)35-38(30,31)36-37(28,29)32-2-5-8(23)10(25)14(34-5)21-3-18-6-12(21)19-16(17)20-13(6)27/h3-5,8-11,14-15,23-26H,2H2,1H3,(H,28,29)(H,30,31)(H3,17,19,20,27)/t4-,5+,8+,9+,10+,11-,14+,15+/m0/s1. The Kier molecular flexibility index (Phi) is 7.92. The van der Waals surface area contributed by atoms with E-state index in [4.69, 9.17) is 15.2 Å². The number of Topliss-reactive ketones (excluding diaryl/α,β-unsaturated/α-hetero) is 1. The highest BCUT2D eigenvalue weighted by Gasteiger charge is 2.49. The van der Waals surface area contributed by atoms with Gasteiger partial charge in [0.25, 0.3) is 5.56 Å². The number of nitrogen functional groups attached to an aromatic ring is 1. The number of imidazole rings is 1. The zero-order valence-corrected chi connectivity index (χ0v) is 20.9. The van der Waals surface area contributed by atoms with E-state index in [1.807, 2.05) is 0 Å². The van der Waals surface area contributed by atoms with Crippen molar-refractivity contribution in [1.29, 1.82) is 0 Å². The number of aromatic amines is 1. The van der Waals surface area contributed by atoms with Gasteiger partial charge in [0.2, 0.25) is 5.95 Å². The Bertz CT molecular complexity index is 1370. The van der Waals surface area contributed by atoms with Crippen LogP contribution in [0.2, 0.25) is 0 Å². The van der Waals surface area contributed by atoms with E-state index in [1.54, 1.807) is 0 Å². The molecule has 38 heavy (non-hydrogen) atoms. The molecule has 4 heterocycles. The number of hydrogen-bond acceptors (Lipinski definition) is 16. The van der Waals surface area contributed by atoms with E-state index in [2.05, 4.69) is 28.3 Å². The lowest BCUT2D eigenvalue weighted by Gasteiger charge is -2.34. The number of fused-ring (bicyclic) bond motifs is 1. The number of nitrogens with one attached hydrogen (secondary N) is 1. The molecule has 10 atom stereocenters. The Hall–Kier alpha value is -2.16. The SMILES string of the molecule is C[C@@H]1O[C@H](OP(=O)(O)OP(=O)(O)OC[C@H]2O[C@@H](n3cnc4c(=O)[nH]c(N)nc43)[C@H](O)[C@@H]2O)[C@@H](O)[C@H](O)C1=O. The van der Waals surface area contributed by atoms with Crippen molar-refractivity contribution in [2.75, 3.05) is 12.3 Å². The van der Waals surface area contributed by atoms with Gasteiger partial charge in [-0.15, -0.1) is 0 Å². The minimum absolute atomic E-state index is 0.105. The van der Waals surface area contributed by atoms with E-state index in [1.165, 1.54) is 0 Å². The molecule has 2 aromatic rings. The molecule has 20 nitrogen and oxygen atoms in total. The fourth-order valence-electron chi connectivity index (χ4n) is 3.69. The molecule has 0 radical (unpaired) electrons. The molecule has 0 amide bonds. The largest absolute Gasteiger partial charge is 0.483 e. The second-order valence-electron chi connectivity index (χ2n) is 8.23. The summed E-state index contributed by atoms with van der Waals surface area (Å²) in [7, 11) is -11.0. The fourth-order valence-corrected chi connectivity index (χ4v) is 5.85. The van der Waals surface area contributed by atoms with Gasteiger partial charge in [-0.1, -0.05) is 0 Å². The van der Waals surface area contributed by atoms with Gasteiger partial charge in [0, 0.05) is 0 Å². The van der Waals surface area contributed by atoms with Gasteiger partial charge in [-0.2, -0.15) is 9.29 Å². The van der Waals surface area contributed by atoms with Crippen LogP contribution in [0.15, 0.2) is 11.1 Å². The first-order valence-corrected chi connectivity index (χ1v) is 13.6. The maximum absolute atomic E-state index is 12.3. The van der Waals surface area contributed by atoms with Crippen LogP contribution in [0.25, 0.3) is 11.2 Å². The van der Waals surface area contributed by atoms with E-state index >= 15 is 0 Å². The Morgan fingerprint density at radius 3 is 2.47 bits per heavy atom. The molecule has 2 saturated heterocycles. The number of nitrogens with zero attached hydrogens (tertiary/aromatic N) is 3. The summed E-state index contributed by atoms with van der Waals surface area (Å²) in [5.41, 5.74) is 4.57. The molecule has 4 rings (SSSR count). The zero-order chi connectivity index (χ0) is 28.2. The van der Waals surface area contributed by atoms with Gasteiger partial charge in [0.05, 0.1) is 12.9 Å². The van der Waals surface area contributed by atoms with Gasteiger partial charge >= 0.3 is 15.6 Å². The number of aliphatic hydroxyl groups is 4. The minimum Gasteiger partial charge on any atom is -0.387 e. The van der Waals surface area contributed by atoms with E-state index in [9.17, 15) is 48.9 Å². The molecule has 2 unspecified atom stereocenters. The number of H-pyrrole nitrogens is 1. The van der Waals surface area contributed by atoms with Gasteiger partial charge in [-0.3, -0.25) is 28.2 Å². The van der Waals surface area contributed by atoms with Crippen LogP contribution in [0, 0.1) is 0 Å². The Morgan fingerprint density at radius 1 is 1.11 bits per heavy atom. The lowest BCUT2D eigenvalue weighted by Crippen LogP contribution is -2.54. The summed E-state index contributed by atoms with van der Waals surface area (Å²) in [6.45, 7) is 0.180. The number of hydrogen-bond donors (Lipinski definition) is 8. The molecular formula is C16H23N5O15P2. The summed E-state index contributed by atoms with van der Waals surface area (Å²) in [5, 5.41) is 40.2. The predicted octanol–water partition coefficient (Wildman–Crippen LogP) is -3.39. The fraction of sp³-hybridized carbons (Fsp3) is 0.625. The van der Waals surface area contributed by atoms with E-state index in [0.29, 0.717) is 0 Å². The van der Waals surface area contributed by atoms with Gasteiger partial charge in [-0.25, -0.2) is 14.1 Å². The average molecular weight is 587 g/mol. The number of carbonyl (C=O) groups excluding carboxylic acids is 1. The van der Waals surface area contributed by atoms with Crippen molar-refractivity contribution in [3.8, 4) is 0 Å². The Morgan fingerprint density at radius 2 is 1.79 bits per heavy atom. The number of ketones is 1. The van der Waals surface area contributed by atoms with Crippen LogP contribution in [0.5, 0.6) is 0 Å². The normalized spacial score (nSPS) is 35.3. The first-order chi connectivity index (χ1) is 17.6. The van der Waals surface area contributed by atoms with Crippen molar-refractivity contribution in [1.82, 2.24) is 19.5 Å². The van der Waals surface area contributed by atoms with Crippen LogP contribution >= 0.6 is 15.6 Å². The predicted molar refractivity (Wildman–Crippen MR) is 118 cm³/mol. The summed E-state index contributed by atoms with van der Waals surface area (Å²) >= 11 is 0. The van der Waals surface area contributed by atoms with E-state index < -0.39 is 82.7 Å². The second kappa shape index (κ2) is 10.4. The van der Waals surface area contributed by atoms with Crippen LogP contribution in [0.3, 0.4) is 0 Å². The molecule has 2 aromatic heterocycles. The number of rotatable bonds is 8. The Balaban J connectivity index is 1.40. The van der Waals surface area contributed by atoms with E-state index in [-0.39, 0.29) is 17.1 Å². The molecule has 0 aromatic carbocycles. The number of carbonyl (C=O) groups is 1. The van der Waals surface area contributed by atoms with Gasteiger partial charge in [0.15, 0.2) is 29.5 Å². The van der Waals surface area contributed by atoms with Gasteiger partial charge in [0.1, 0.15) is 36.6 Å². The van der Waals surface area contributed by atoms with Crippen LogP contribution in [0.4, 0.5) is 5.95 Å². The van der Waals surface area contributed by atoms with Crippen LogP contribution in [-0.4, -0.2) is 105 Å². The molecule has 2 fully saturated rings. The number of phosphoric acid groups is 2. The Labute approximate surface area is 210 Å². The lowest BCUT2D eigenvalue weighted by atomic mass is 10.0. The summed E-state index contributed by atoms with van der Waals surface area (Å²) in [4.78, 5) is 53.2. The maximum Gasteiger partial charge on any atom is 0.483 e. The quantitative estimate of drug-likeness (QED) is 0.140. The number of phosphoric ester groups is 2. The summed E-state index contributed by atoms with van der Waals surface area (Å²) in [6.07, 6.45) is -12.9. The van der Waals surface area contributed by atoms with Gasteiger partial charge < -0.3 is 45.4 Å². The maximum atomic E-state index is 12.3. The summed E-state index contributed by atoms with van der Waals surface area (Å²) < 4.78 is 49.0. The number of nitrogens with two attached hydrogens (primary N) is 1. The second-order valence-corrected chi connectivity index (χ2v) is 11.2. The molecule has 9 N–H and O–H groups in total. The highest BCUT2D eigenvalue weighted by Crippen LogP contribution is 2.61. The molecule has 0 saturated carbocycles. The van der Waals surface area contributed by atoms with Crippen molar-refractivity contribution in [3.63, 3.8) is 0 Å². The monoisotopic (exact) mass is 587 g/mol. The smallest absolute Gasteiger partial charge is 0.387 e. The molecule has 2 aliphatic rings. The number of aromatic nitrogens is 4. The van der Waals surface area contributed by atoms with Crippen molar-refractivity contribution in [3.05, 3.63) is 16.7 Å². The summed E-state index contributed by atoms with van der Waals surface area (Å²) in [6, 6.07) is 0. The number of ether oxygens (including phenoxy) is 2. The molecule has 0 spiro atoms. The van der Waals surface area contributed by atoms with Crippen LogP contribution in [0.1, 0.15) is 13.2 Å². The van der Waals surface area contributed by atoms with Crippen molar-refractivity contribution < 1.29 is 67.0 Å². The van der Waals surface area contributed by atoms with Crippen molar-refractivity contribution in [2.24, 2.45) is 0 Å². The van der Waals surface area contributed by atoms with Crippen LogP contribution < -0.4 is 11.3 Å². The summed E-state index contributed by atoms with van der Waals surface area (Å²) in [5.74, 6) is -1.21. The van der Waals surface area contributed by atoms with Crippen molar-refractivity contribution >= 4 is 38.5 Å². The number of anilines is 1. The molecule has 22 heteroatoms. The topological polar surface area (TPSA) is 308 Å². The van der Waals surface area contributed by atoms with Crippen molar-refractivity contribution in [2.45, 2.75) is 56.1 Å². The third-order valence-electron chi connectivity index (χ3n) is 5.54. The highest BCUT2D eigenvalue weighted by atomic mass is 31.3. The van der Waals surface area contributed by atoms with E-state index in [0.717, 1.165) is 17.8 Å². The van der Waals surface area contributed by atoms with Gasteiger partial charge in [-0.05, 0) is 6.92 Å². The first-order valence-electron chi connectivity index (χ1n) is 10.6.